The number of aryl methyl sites for hydroxylation is 1. The van der Waals surface area contributed by atoms with Crippen LogP contribution in [0.3, 0.4) is 0 Å². The van der Waals surface area contributed by atoms with E-state index in [2.05, 4.69) is 9.97 Å². The lowest BCUT2D eigenvalue weighted by atomic mass is 10.0. The summed E-state index contributed by atoms with van der Waals surface area (Å²) >= 11 is 12.5. The molecule has 0 spiro atoms. The van der Waals surface area contributed by atoms with E-state index in [4.69, 9.17) is 37.7 Å². The Morgan fingerprint density at radius 2 is 1.79 bits per heavy atom. The third-order valence-electron chi connectivity index (χ3n) is 6.50. The third kappa shape index (κ3) is 4.18. The molecule has 1 aliphatic rings. The Kier molecular flexibility index (Phi) is 6.81. The number of anilines is 1. The van der Waals surface area contributed by atoms with Crippen molar-refractivity contribution in [1.29, 1.82) is 0 Å². The molecule has 1 N–H and O–H groups in total. The van der Waals surface area contributed by atoms with Gasteiger partial charge in [-0.3, -0.25) is 4.79 Å². The molecule has 2 unspecified atom stereocenters. The molecule has 0 amide bonds. The summed E-state index contributed by atoms with van der Waals surface area (Å²) in [5, 5.41) is 12.3. The molecule has 0 saturated carbocycles. The summed E-state index contributed by atoms with van der Waals surface area (Å²) in [5.41, 5.74) is 2.87. The Labute approximate surface area is 229 Å². The molecule has 0 radical (unpaired) electrons. The van der Waals surface area contributed by atoms with Gasteiger partial charge in [-0.2, -0.15) is 4.98 Å². The van der Waals surface area contributed by atoms with E-state index in [0.717, 1.165) is 11.3 Å². The molecular weight excluding hydrogens is 531 g/mol. The Morgan fingerprint density at radius 1 is 1.08 bits per heavy atom. The molecule has 1 aromatic carbocycles. The lowest BCUT2D eigenvalue weighted by Crippen LogP contribution is -2.30. The smallest absolute Gasteiger partial charge is 0.319 e. The average molecular weight is 557 g/mol. The van der Waals surface area contributed by atoms with Gasteiger partial charge in [0.1, 0.15) is 16.5 Å². The van der Waals surface area contributed by atoms with Crippen LogP contribution in [-0.4, -0.2) is 43.4 Å². The fourth-order valence-electron chi connectivity index (χ4n) is 4.85. The van der Waals surface area contributed by atoms with Crippen LogP contribution in [0.4, 0.5) is 5.69 Å². The van der Waals surface area contributed by atoms with Crippen LogP contribution in [0.5, 0.6) is 11.9 Å². The summed E-state index contributed by atoms with van der Waals surface area (Å²) in [5.74, 6) is 0.835. The van der Waals surface area contributed by atoms with E-state index in [1.54, 1.807) is 42.5 Å². The van der Waals surface area contributed by atoms with Crippen molar-refractivity contribution in [2.45, 2.75) is 32.2 Å². The topological polar surface area (TPSA) is 108 Å². The Bertz CT molecular complexity index is 1540. The minimum Gasteiger partial charge on any atom is -0.480 e. The average Bonchev–Trinajstić information content (AvgIpc) is 3.42. The number of methoxy groups -OCH3 is 2. The standard InChI is InChI=1S/C26H26Cl2N6O4/c1-13(2)33-21-19(30-22(33)17-11-29-26(38-5)31-23(17)37-4)25(36)34(16-10-18(28)24(35)32(3)12-16)20(21)14-6-8-15(27)9-7-14/h6-13,20,25,36H,1-5H3. The highest BCUT2D eigenvalue weighted by molar-refractivity contribution is 6.30. The molecule has 2 atom stereocenters. The number of nitrogens with zero attached hydrogens (tertiary/aromatic N) is 6. The summed E-state index contributed by atoms with van der Waals surface area (Å²) in [6.07, 6.45) is 2.09. The van der Waals surface area contributed by atoms with Crippen molar-refractivity contribution in [1.82, 2.24) is 24.1 Å². The molecule has 10 nitrogen and oxygen atoms in total. The maximum absolute atomic E-state index is 12.3. The molecular formula is C26H26Cl2N6O4. The number of hydrogen-bond donors (Lipinski definition) is 1. The number of benzene rings is 1. The molecule has 0 fully saturated rings. The predicted octanol–water partition coefficient (Wildman–Crippen LogP) is 4.54. The molecule has 3 aromatic heterocycles. The molecule has 12 heteroatoms. The predicted molar refractivity (Wildman–Crippen MR) is 144 cm³/mol. The van der Waals surface area contributed by atoms with Crippen LogP contribution in [-0.2, 0) is 7.05 Å². The monoisotopic (exact) mass is 556 g/mol. The van der Waals surface area contributed by atoms with E-state index in [-0.39, 0.29) is 22.6 Å². The Hall–Kier alpha value is -3.60. The molecule has 38 heavy (non-hydrogen) atoms. The van der Waals surface area contributed by atoms with E-state index < -0.39 is 12.3 Å². The fourth-order valence-corrected chi connectivity index (χ4v) is 5.22. The number of imidazole rings is 1. The van der Waals surface area contributed by atoms with Gasteiger partial charge in [-0.15, -0.1) is 0 Å². The van der Waals surface area contributed by atoms with E-state index in [1.807, 2.05) is 30.5 Å². The maximum Gasteiger partial charge on any atom is 0.319 e. The van der Waals surface area contributed by atoms with Gasteiger partial charge in [-0.25, -0.2) is 9.97 Å². The van der Waals surface area contributed by atoms with Gasteiger partial charge in [0, 0.05) is 30.5 Å². The van der Waals surface area contributed by atoms with Gasteiger partial charge in [0.25, 0.3) is 5.56 Å². The normalized spacial score (nSPS) is 16.7. The van der Waals surface area contributed by atoms with Crippen molar-refractivity contribution >= 4 is 28.9 Å². The van der Waals surface area contributed by atoms with Crippen LogP contribution in [0, 0.1) is 0 Å². The van der Waals surface area contributed by atoms with Crippen molar-refractivity contribution in [2.24, 2.45) is 7.05 Å². The minimum atomic E-state index is -1.15. The van der Waals surface area contributed by atoms with Crippen LogP contribution in [0.15, 0.2) is 47.5 Å². The van der Waals surface area contributed by atoms with Gasteiger partial charge in [0.05, 0.1) is 37.2 Å². The van der Waals surface area contributed by atoms with Crippen LogP contribution < -0.4 is 19.9 Å². The van der Waals surface area contributed by atoms with Crippen molar-refractivity contribution in [3.8, 4) is 23.3 Å². The first-order valence-corrected chi connectivity index (χ1v) is 12.6. The van der Waals surface area contributed by atoms with Gasteiger partial charge in [0.15, 0.2) is 6.23 Å². The third-order valence-corrected chi connectivity index (χ3v) is 7.02. The van der Waals surface area contributed by atoms with E-state index in [9.17, 15) is 9.90 Å². The summed E-state index contributed by atoms with van der Waals surface area (Å²) in [7, 11) is 4.61. The van der Waals surface area contributed by atoms with Gasteiger partial charge in [-0.1, -0.05) is 35.3 Å². The first kappa shape index (κ1) is 26.0. The minimum absolute atomic E-state index is 0.0455. The van der Waals surface area contributed by atoms with Crippen LogP contribution in [0.25, 0.3) is 11.4 Å². The van der Waals surface area contributed by atoms with Crippen LogP contribution in [0.1, 0.15) is 49.1 Å². The van der Waals surface area contributed by atoms with Crippen molar-refractivity contribution in [3.63, 3.8) is 0 Å². The zero-order chi connectivity index (χ0) is 27.3. The fraction of sp³-hybridized carbons (Fsp3) is 0.308. The Morgan fingerprint density at radius 3 is 2.39 bits per heavy atom. The largest absolute Gasteiger partial charge is 0.480 e. The molecule has 0 bridgehead atoms. The molecule has 4 aromatic rings. The highest BCUT2D eigenvalue weighted by atomic mass is 35.5. The molecule has 0 saturated heterocycles. The SMILES string of the molecule is COc1ncc(-c2nc3c(n2C(C)C)C(c2ccc(Cl)cc2)N(c2cc(Cl)c(=O)n(C)c2)C3O)c(OC)n1. The Balaban J connectivity index is 1.78. The first-order chi connectivity index (χ1) is 18.2. The zero-order valence-corrected chi connectivity index (χ0v) is 22.9. The number of ether oxygens (including phenoxy) is 2. The van der Waals surface area contributed by atoms with Crippen molar-refractivity contribution < 1.29 is 14.6 Å². The van der Waals surface area contributed by atoms with Gasteiger partial charge in [-0.05, 0) is 37.6 Å². The van der Waals surface area contributed by atoms with Crippen molar-refractivity contribution in [3.05, 3.63) is 80.1 Å². The summed E-state index contributed by atoms with van der Waals surface area (Å²) in [6.45, 7) is 4.05. The highest BCUT2D eigenvalue weighted by Gasteiger charge is 2.45. The lowest BCUT2D eigenvalue weighted by molar-refractivity contribution is 0.174. The number of pyridine rings is 1. The lowest BCUT2D eigenvalue weighted by Gasteiger charge is -2.32. The summed E-state index contributed by atoms with van der Waals surface area (Å²) in [6, 6.07) is 8.56. The first-order valence-electron chi connectivity index (χ1n) is 11.8. The van der Waals surface area contributed by atoms with Gasteiger partial charge in [0.2, 0.25) is 5.88 Å². The van der Waals surface area contributed by atoms with Crippen molar-refractivity contribution in [2.75, 3.05) is 19.1 Å². The number of aliphatic hydroxyl groups excluding tert-OH is 1. The van der Waals surface area contributed by atoms with Gasteiger partial charge >= 0.3 is 6.01 Å². The number of aliphatic hydroxyl groups is 1. The van der Waals surface area contributed by atoms with E-state index in [0.29, 0.717) is 33.7 Å². The van der Waals surface area contributed by atoms with Crippen LogP contribution in [0.2, 0.25) is 10.0 Å². The van der Waals surface area contributed by atoms with Gasteiger partial charge < -0.3 is 28.6 Å². The number of fused-ring (bicyclic) bond motifs is 1. The molecule has 0 aliphatic carbocycles. The summed E-state index contributed by atoms with van der Waals surface area (Å²) in [4.78, 5) is 27.6. The molecule has 4 heterocycles. The molecule has 1 aliphatic heterocycles. The second kappa shape index (κ2) is 9.94. The number of halogens is 2. The molecule has 5 rings (SSSR count). The van der Waals surface area contributed by atoms with Crippen LogP contribution >= 0.6 is 23.2 Å². The zero-order valence-electron chi connectivity index (χ0n) is 21.4. The number of rotatable bonds is 6. The number of hydrogen-bond acceptors (Lipinski definition) is 8. The maximum atomic E-state index is 12.3. The number of aromatic nitrogens is 5. The van der Waals surface area contributed by atoms with E-state index in [1.165, 1.54) is 18.8 Å². The molecule has 198 valence electrons. The second-order valence-electron chi connectivity index (χ2n) is 9.15. The quantitative estimate of drug-likeness (QED) is 0.368. The second-order valence-corrected chi connectivity index (χ2v) is 9.99. The summed E-state index contributed by atoms with van der Waals surface area (Å²) < 4.78 is 14.1. The highest BCUT2D eigenvalue weighted by Crippen LogP contribution is 2.49. The van der Waals surface area contributed by atoms with E-state index >= 15 is 0 Å².